The van der Waals surface area contributed by atoms with Gasteiger partial charge in [0.05, 0.1) is 4.90 Å². The zero-order chi connectivity index (χ0) is 18.0. The number of benzene rings is 1. The van der Waals surface area contributed by atoms with E-state index in [1.54, 1.807) is 17.0 Å². The van der Waals surface area contributed by atoms with Gasteiger partial charge in [-0.3, -0.25) is 4.79 Å². The number of hydrogen-bond acceptors (Lipinski definition) is 4. The Bertz CT molecular complexity index is 742. The second-order valence-corrected chi connectivity index (χ2v) is 8.97. The number of amides is 1. The lowest BCUT2D eigenvalue weighted by Crippen LogP contribution is -2.36. The molecule has 25 heavy (non-hydrogen) atoms. The number of nitrogens with zero attached hydrogens (tertiary/aromatic N) is 1. The van der Waals surface area contributed by atoms with Crippen LogP contribution in [0.25, 0.3) is 0 Å². The second-order valence-electron chi connectivity index (χ2n) is 7.08. The molecule has 0 bridgehead atoms. The first kappa shape index (κ1) is 18.4. The minimum Gasteiger partial charge on any atom is -0.316 e. The summed E-state index contributed by atoms with van der Waals surface area (Å²) in [4.78, 5) is 14.8. The SMILES string of the molecule is CNS(=O)(=O)c1ccc2c(c1)N(C(=O)CC(C)C1CCCNC1)CC2. The van der Waals surface area contributed by atoms with E-state index in [1.807, 2.05) is 6.07 Å². The Morgan fingerprint density at radius 2 is 2.24 bits per heavy atom. The summed E-state index contributed by atoms with van der Waals surface area (Å²) in [5, 5.41) is 3.41. The molecule has 138 valence electrons. The zero-order valence-corrected chi connectivity index (χ0v) is 15.7. The van der Waals surface area contributed by atoms with Gasteiger partial charge in [0, 0.05) is 18.7 Å². The number of carbonyl (C=O) groups is 1. The van der Waals surface area contributed by atoms with Gasteiger partial charge in [0.25, 0.3) is 0 Å². The summed E-state index contributed by atoms with van der Waals surface area (Å²) < 4.78 is 26.4. The van der Waals surface area contributed by atoms with Crippen LogP contribution in [0.15, 0.2) is 23.1 Å². The van der Waals surface area contributed by atoms with Crippen LogP contribution in [0.1, 0.15) is 31.7 Å². The third-order valence-electron chi connectivity index (χ3n) is 5.47. The quantitative estimate of drug-likeness (QED) is 0.829. The summed E-state index contributed by atoms with van der Waals surface area (Å²) in [6, 6.07) is 5.05. The maximum Gasteiger partial charge on any atom is 0.240 e. The van der Waals surface area contributed by atoms with Gasteiger partial charge in [0.2, 0.25) is 15.9 Å². The molecule has 2 heterocycles. The Hall–Kier alpha value is -1.44. The van der Waals surface area contributed by atoms with Crippen molar-refractivity contribution in [1.82, 2.24) is 10.0 Å². The van der Waals surface area contributed by atoms with Crippen molar-refractivity contribution in [2.24, 2.45) is 11.8 Å². The van der Waals surface area contributed by atoms with Crippen LogP contribution in [-0.2, 0) is 21.2 Å². The number of piperidine rings is 1. The van der Waals surface area contributed by atoms with Crippen molar-refractivity contribution in [1.29, 1.82) is 0 Å². The fourth-order valence-electron chi connectivity index (χ4n) is 3.82. The summed E-state index contributed by atoms with van der Waals surface area (Å²) >= 11 is 0. The Kier molecular flexibility index (Phi) is 5.46. The molecular weight excluding hydrogens is 338 g/mol. The minimum absolute atomic E-state index is 0.0934. The summed E-state index contributed by atoms with van der Waals surface area (Å²) in [6.07, 6.45) is 3.62. The van der Waals surface area contributed by atoms with E-state index in [9.17, 15) is 13.2 Å². The van der Waals surface area contributed by atoms with Crippen LogP contribution in [0.4, 0.5) is 5.69 Å². The molecule has 6 nitrogen and oxygen atoms in total. The van der Waals surface area contributed by atoms with E-state index >= 15 is 0 Å². The van der Waals surface area contributed by atoms with E-state index in [-0.39, 0.29) is 10.8 Å². The fourth-order valence-corrected chi connectivity index (χ4v) is 4.57. The first-order valence-corrected chi connectivity index (χ1v) is 10.5. The molecule has 2 aliphatic rings. The highest BCUT2D eigenvalue weighted by Gasteiger charge is 2.29. The molecule has 7 heteroatoms. The fraction of sp³-hybridized carbons (Fsp3) is 0.611. The first-order valence-electron chi connectivity index (χ1n) is 9.00. The number of fused-ring (bicyclic) bond motifs is 1. The summed E-state index contributed by atoms with van der Waals surface area (Å²) in [7, 11) is -2.11. The summed E-state index contributed by atoms with van der Waals surface area (Å²) in [5.41, 5.74) is 1.78. The topological polar surface area (TPSA) is 78.5 Å². The molecule has 0 saturated carbocycles. The molecule has 1 saturated heterocycles. The molecule has 0 spiro atoms. The van der Waals surface area contributed by atoms with Gasteiger partial charge in [-0.15, -0.1) is 0 Å². The summed E-state index contributed by atoms with van der Waals surface area (Å²) in [6.45, 7) is 4.83. The molecule has 2 atom stereocenters. The van der Waals surface area contributed by atoms with E-state index in [1.165, 1.54) is 19.9 Å². The van der Waals surface area contributed by atoms with E-state index in [2.05, 4.69) is 17.0 Å². The lowest BCUT2D eigenvalue weighted by Gasteiger charge is -2.29. The van der Waals surface area contributed by atoms with Crippen molar-refractivity contribution in [3.05, 3.63) is 23.8 Å². The van der Waals surface area contributed by atoms with Crippen molar-refractivity contribution in [3.63, 3.8) is 0 Å². The highest BCUT2D eigenvalue weighted by Crippen LogP contribution is 2.32. The van der Waals surface area contributed by atoms with Gasteiger partial charge in [-0.2, -0.15) is 0 Å². The van der Waals surface area contributed by atoms with Crippen molar-refractivity contribution in [3.8, 4) is 0 Å². The highest BCUT2D eigenvalue weighted by molar-refractivity contribution is 7.89. The molecule has 2 N–H and O–H groups in total. The largest absolute Gasteiger partial charge is 0.316 e. The third-order valence-corrected chi connectivity index (χ3v) is 6.88. The molecule has 1 aromatic rings. The number of carbonyl (C=O) groups excluding carboxylic acids is 1. The number of sulfonamides is 1. The van der Waals surface area contributed by atoms with Gasteiger partial charge in [0.15, 0.2) is 0 Å². The van der Waals surface area contributed by atoms with Crippen molar-refractivity contribution in [2.45, 2.75) is 37.5 Å². The summed E-state index contributed by atoms with van der Waals surface area (Å²) in [5.74, 6) is 0.958. The average molecular weight is 365 g/mol. The molecule has 0 radical (unpaired) electrons. The number of hydrogen-bond donors (Lipinski definition) is 2. The van der Waals surface area contributed by atoms with Crippen LogP contribution in [-0.4, -0.2) is 41.0 Å². The van der Waals surface area contributed by atoms with Crippen molar-refractivity contribution < 1.29 is 13.2 Å². The monoisotopic (exact) mass is 365 g/mol. The maximum absolute atomic E-state index is 12.8. The Morgan fingerprint density at radius 3 is 2.92 bits per heavy atom. The van der Waals surface area contributed by atoms with Crippen molar-refractivity contribution in [2.75, 3.05) is 31.6 Å². The van der Waals surface area contributed by atoms with E-state index in [0.29, 0.717) is 24.8 Å². The van der Waals surface area contributed by atoms with Crippen LogP contribution in [0, 0.1) is 11.8 Å². The lowest BCUT2D eigenvalue weighted by molar-refractivity contribution is -0.119. The predicted octanol–water partition coefficient (Wildman–Crippen LogP) is 1.51. The third kappa shape index (κ3) is 3.88. The van der Waals surface area contributed by atoms with Gasteiger partial charge >= 0.3 is 0 Å². The molecule has 1 fully saturated rings. The van der Waals surface area contributed by atoms with Gasteiger partial charge in [-0.25, -0.2) is 13.1 Å². The van der Waals surface area contributed by atoms with E-state index in [0.717, 1.165) is 30.8 Å². The molecule has 2 unspecified atom stereocenters. The van der Waals surface area contributed by atoms with Gasteiger partial charge in [-0.05, 0) is 68.9 Å². The molecule has 3 rings (SSSR count). The standard InChI is InChI=1S/C18H27N3O3S/c1-13(15-4-3-8-20-12-15)10-18(22)21-9-7-14-5-6-16(11-17(14)21)25(23,24)19-2/h5-6,11,13,15,19-20H,3-4,7-10,12H2,1-2H3. The molecular formula is C18H27N3O3S. The second kappa shape index (κ2) is 7.43. The van der Waals surface area contributed by atoms with Crippen LogP contribution < -0.4 is 14.9 Å². The molecule has 1 aromatic carbocycles. The predicted molar refractivity (Wildman–Crippen MR) is 98.1 cm³/mol. The Morgan fingerprint density at radius 1 is 1.44 bits per heavy atom. The smallest absolute Gasteiger partial charge is 0.240 e. The van der Waals surface area contributed by atoms with Gasteiger partial charge < -0.3 is 10.2 Å². The molecule has 1 amide bonds. The molecule has 0 aromatic heterocycles. The van der Waals surface area contributed by atoms with Crippen molar-refractivity contribution >= 4 is 21.6 Å². The minimum atomic E-state index is -3.51. The van der Waals surface area contributed by atoms with E-state index in [4.69, 9.17) is 0 Å². The van der Waals surface area contributed by atoms with Gasteiger partial charge in [-0.1, -0.05) is 13.0 Å². The maximum atomic E-state index is 12.8. The Labute approximate surface area is 150 Å². The van der Waals surface area contributed by atoms with Crippen LogP contribution in [0.3, 0.4) is 0 Å². The molecule has 0 aliphatic carbocycles. The van der Waals surface area contributed by atoms with E-state index < -0.39 is 10.0 Å². The highest BCUT2D eigenvalue weighted by atomic mass is 32.2. The normalized spacial score (nSPS) is 21.8. The number of anilines is 1. The molecule has 2 aliphatic heterocycles. The van der Waals surface area contributed by atoms with Gasteiger partial charge in [0.1, 0.15) is 0 Å². The first-order chi connectivity index (χ1) is 11.9. The average Bonchev–Trinajstić information content (AvgIpc) is 3.05. The van der Waals surface area contributed by atoms with Crippen LogP contribution in [0.5, 0.6) is 0 Å². The van der Waals surface area contributed by atoms with Crippen LogP contribution in [0.2, 0.25) is 0 Å². The number of nitrogens with one attached hydrogen (secondary N) is 2. The van der Waals surface area contributed by atoms with Crippen LogP contribution >= 0.6 is 0 Å². The lowest BCUT2D eigenvalue weighted by atomic mass is 9.85. The number of rotatable bonds is 5. The zero-order valence-electron chi connectivity index (χ0n) is 14.9. The Balaban J connectivity index is 1.75.